The average molecular weight is 261 g/mol. The third-order valence-corrected chi connectivity index (χ3v) is 4.08. The molecule has 1 aromatic rings. The lowest BCUT2D eigenvalue weighted by atomic mass is 10.1. The molecule has 1 fully saturated rings. The molecule has 0 unspecified atom stereocenters. The number of piperidine rings is 1. The molecule has 0 spiro atoms. The van der Waals surface area contributed by atoms with Gasteiger partial charge in [0.15, 0.2) is 0 Å². The standard InChI is InChI=1S/C14H23N5/c15-14-17-12(10-19-8-4-1-5-9-19)11-6-2-3-7-16-13(11)18-14/h1-10H2,(H3,15,16,17,18). The van der Waals surface area contributed by atoms with Crippen LogP contribution < -0.4 is 11.1 Å². The second-order valence-corrected chi connectivity index (χ2v) is 5.58. The van der Waals surface area contributed by atoms with Gasteiger partial charge in [-0.05, 0) is 45.2 Å². The van der Waals surface area contributed by atoms with Crippen LogP contribution in [0.25, 0.3) is 0 Å². The van der Waals surface area contributed by atoms with Gasteiger partial charge in [-0.2, -0.15) is 4.98 Å². The number of likely N-dealkylation sites (tertiary alicyclic amines) is 1. The van der Waals surface area contributed by atoms with E-state index in [0.29, 0.717) is 5.95 Å². The van der Waals surface area contributed by atoms with Crippen molar-refractivity contribution in [3.63, 3.8) is 0 Å². The Morgan fingerprint density at radius 3 is 2.74 bits per heavy atom. The third-order valence-electron chi connectivity index (χ3n) is 4.08. The van der Waals surface area contributed by atoms with Crippen LogP contribution in [0.5, 0.6) is 0 Å². The highest BCUT2D eigenvalue weighted by Gasteiger charge is 2.18. The van der Waals surface area contributed by atoms with Gasteiger partial charge in [0.2, 0.25) is 5.95 Å². The van der Waals surface area contributed by atoms with Crippen LogP contribution in [0.3, 0.4) is 0 Å². The number of fused-ring (bicyclic) bond motifs is 1. The maximum absolute atomic E-state index is 5.86. The van der Waals surface area contributed by atoms with Crippen molar-refractivity contribution in [2.24, 2.45) is 0 Å². The molecule has 1 saturated heterocycles. The molecule has 0 atom stereocenters. The molecular weight excluding hydrogens is 238 g/mol. The molecule has 0 aromatic carbocycles. The molecule has 0 amide bonds. The van der Waals surface area contributed by atoms with Gasteiger partial charge in [0.1, 0.15) is 5.82 Å². The first-order valence-electron chi connectivity index (χ1n) is 7.44. The fourth-order valence-electron chi connectivity index (χ4n) is 3.05. The number of anilines is 2. The first-order chi connectivity index (χ1) is 9.33. The minimum atomic E-state index is 0.403. The molecule has 2 aliphatic heterocycles. The molecule has 2 aliphatic rings. The normalized spacial score (nSPS) is 20.4. The number of hydrogen-bond acceptors (Lipinski definition) is 5. The summed E-state index contributed by atoms with van der Waals surface area (Å²) in [5, 5.41) is 3.39. The third kappa shape index (κ3) is 2.97. The van der Waals surface area contributed by atoms with E-state index in [1.807, 2.05) is 0 Å². The number of nitrogens with one attached hydrogen (secondary N) is 1. The van der Waals surface area contributed by atoms with Crippen molar-refractivity contribution in [1.29, 1.82) is 0 Å². The van der Waals surface area contributed by atoms with Crippen molar-refractivity contribution in [2.45, 2.75) is 45.1 Å². The Morgan fingerprint density at radius 1 is 1.05 bits per heavy atom. The van der Waals surface area contributed by atoms with E-state index in [2.05, 4.69) is 20.2 Å². The minimum Gasteiger partial charge on any atom is -0.370 e. The molecule has 5 heteroatoms. The van der Waals surface area contributed by atoms with Crippen molar-refractivity contribution in [2.75, 3.05) is 30.7 Å². The van der Waals surface area contributed by atoms with Gasteiger partial charge < -0.3 is 11.1 Å². The quantitative estimate of drug-likeness (QED) is 0.849. The summed E-state index contributed by atoms with van der Waals surface area (Å²) in [4.78, 5) is 11.4. The summed E-state index contributed by atoms with van der Waals surface area (Å²) < 4.78 is 0. The Balaban J connectivity index is 1.84. The molecule has 3 rings (SSSR count). The molecule has 0 bridgehead atoms. The number of rotatable bonds is 2. The lowest BCUT2D eigenvalue weighted by Gasteiger charge is -2.27. The SMILES string of the molecule is Nc1nc(CN2CCCCC2)c2c(n1)NCCCC2. The summed E-state index contributed by atoms with van der Waals surface area (Å²) in [6.07, 6.45) is 7.45. The Labute approximate surface area is 114 Å². The minimum absolute atomic E-state index is 0.403. The monoisotopic (exact) mass is 261 g/mol. The van der Waals surface area contributed by atoms with E-state index < -0.39 is 0 Å². The number of hydrogen-bond donors (Lipinski definition) is 2. The number of nitrogen functional groups attached to an aromatic ring is 1. The van der Waals surface area contributed by atoms with Gasteiger partial charge >= 0.3 is 0 Å². The summed E-state index contributed by atoms with van der Waals surface area (Å²) >= 11 is 0. The highest BCUT2D eigenvalue weighted by Crippen LogP contribution is 2.24. The second kappa shape index (κ2) is 5.74. The zero-order chi connectivity index (χ0) is 13.1. The summed E-state index contributed by atoms with van der Waals surface area (Å²) in [6.45, 7) is 4.29. The largest absolute Gasteiger partial charge is 0.370 e. The summed E-state index contributed by atoms with van der Waals surface area (Å²) in [7, 11) is 0. The highest BCUT2D eigenvalue weighted by atomic mass is 15.2. The van der Waals surface area contributed by atoms with Crippen LogP contribution >= 0.6 is 0 Å². The van der Waals surface area contributed by atoms with Crippen LogP contribution in [0.4, 0.5) is 11.8 Å². The predicted molar refractivity (Wildman–Crippen MR) is 77.0 cm³/mol. The molecule has 104 valence electrons. The molecule has 3 heterocycles. The first-order valence-corrected chi connectivity index (χ1v) is 7.44. The van der Waals surface area contributed by atoms with E-state index in [4.69, 9.17) is 5.73 Å². The molecule has 0 saturated carbocycles. The zero-order valence-electron chi connectivity index (χ0n) is 11.5. The zero-order valence-corrected chi connectivity index (χ0v) is 11.5. The number of nitrogens with zero attached hydrogens (tertiary/aromatic N) is 3. The van der Waals surface area contributed by atoms with Gasteiger partial charge in [0, 0.05) is 18.7 Å². The van der Waals surface area contributed by atoms with E-state index in [1.165, 1.54) is 50.8 Å². The molecule has 3 N–H and O–H groups in total. The molecule has 0 aliphatic carbocycles. The van der Waals surface area contributed by atoms with E-state index in [9.17, 15) is 0 Å². The van der Waals surface area contributed by atoms with E-state index in [1.54, 1.807) is 0 Å². The smallest absolute Gasteiger partial charge is 0.222 e. The van der Waals surface area contributed by atoms with Crippen molar-refractivity contribution in [1.82, 2.24) is 14.9 Å². The fourth-order valence-corrected chi connectivity index (χ4v) is 3.05. The van der Waals surface area contributed by atoms with E-state index in [0.717, 1.165) is 31.0 Å². The molecule has 19 heavy (non-hydrogen) atoms. The fraction of sp³-hybridized carbons (Fsp3) is 0.714. The van der Waals surface area contributed by atoms with Crippen molar-refractivity contribution < 1.29 is 0 Å². The van der Waals surface area contributed by atoms with Crippen LogP contribution in [0.2, 0.25) is 0 Å². The van der Waals surface area contributed by atoms with E-state index in [-0.39, 0.29) is 0 Å². The summed E-state index contributed by atoms with van der Waals surface area (Å²) in [5.74, 6) is 1.37. The highest BCUT2D eigenvalue weighted by molar-refractivity contribution is 5.50. The topological polar surface area (TPSA) is 67.1 Å². The Morgan fingerprint density at radius 2 is 1.89 bits per heavy atom. The van der Waals surface area contributed by atoms with Gasteiger partial charge in [-0.15, -0.1) is 0 Å². The maximum Gasteiger partial charge on any atom is 0.222 e. The van der Waals surface area contributed by atoms with Crippen LogP contribution in [-0.4, -0.2) is 34.5 Å². The second-order valence-electron chi connectivity index (χ2n) is 5.58. The van der Waals surface area contributed by atoms with Gasteiger partial charge in [-0.3, -0.25) is 4.90 Å². The molecule has 1 aromatic heterocycles. The Hall–Kier alpha value is -1.36. The van der Waals surface area contributed by atoms with Crippen molar-refractivity contribution >= 4 is 11.8 Å². The van der Waals surface area contributed by atoms with Crippen LogP contribution in [0, 0.1) is 0 Å². The molecular formula is C14H23N5. The average Bonchev–Trinajstić information content (AvgIpc) is 2.65. The lowest BCUT2D eigenvalue weighted by Crippen LogP contribution is -2.30. The summed E-state index contributed by atoms with van der Waals surface area (Å²) in [6, 6.07) is 0. The van der Waals surface area contributed by atoms with Gasteiger partial charge in [-0.1, -0.05) is 6.42 Å². The van der Waals surface area contributed by atoms with Gasteiger partial charge in [0.05, 0.1) is 5.69 Å². The first kappa shape index (κ1) is 12.7. The number of aromatic nitrogens is 2. The van der Waals surface area contributed by atoms with E-state index >= 15 is 0 Å². The number of nitrogens with two attached hydrogens (primary N) is 1. The van der Waals surface area contributed by atoms with Crippen LogP contribution in [0.15, 0.2) is 0 Å². The summed E-state index contributed by atoms with van der Waals surface area (Å²) in [5.41, 5.74) is 8.28. The Bertz CT molecular complexity index is 440. The lowest BCUT2D eigenvalue weighted by molar-refractivity contribution is 0.218. The van der Waals surface area contributed by atoms with Gasteiger partial charge in [-0.25, -0.2) is 4.98 Å². The Kier molecular flexibility index (Phi) is 3.82. The predicted octanol–water partition coefficient (Wildman–Crippen LogP) is 1.79. The van der Waals surface area contributed by atoms with Crippen molar-refractivity contribution in [3.8, 4) is 0 Å². The molecule has 5 nitrogen and oxygen atoms in total. The molecule has 0 radical (unpaired) electrons. The maximum atomic E-state index is 5.86. The van der Waals surface area contributed by atoms with Gasteiger partial charge in [0.25, 0.3) is 0 Å². The van der Waals surface area contributed by atoms with Crippen LogP contribution in [-0.2, 0) is 13.0 Å². The van der Waals surface area contributed by atoms with Crippen molar-refractivity contribution in [3.05, 3.63) is 11.3 Å². The van der Waals surface area contributed by atoms with Crippen LogP contribution in [0.1, 0.15) is 43.4 Å².